The van der Waals surface area contributed by atoms with E-state index in [2.05, 4.69) is 17.1 Å². The molecule has 2 aromatic rings. The zero-order chi connectivity index (χ0) is 18.5. The van der Waals surface area contributed by atoms with Crippen LogP contribution < -0.4 is 11.0 Å². The van der Waals surface area contributed by atoms with E-state index in [9.17, 15) is 9.59 Å². The molecule has 26 heavy (non-hydrogen) atoms. The number of aromatic nitrogens is 2. The van der Waals surface area contributed by atoms with Crippen LogP contribution in [-0.2, 0) is 17.9 Å². The quantitative estimate of drug-likeness (QED) is 0.824. The normalized spacial score (nSPS) is 18.3. The van der Waals surface area contributed by atoms with Crippen molar-refractivity contribution >= 4 is 16.9 Å². The minimum atomic E-state index is -0.0381. The van der Waals surface area contributed by atoms with Crippen molar-refractivity contribution in [2.75, 3.05) is 26.2 Å². The van der Waals surface area contributed by atoms with Gasteiger partial charge in [0.25, 0.3) is 0 Å². The Bertz CT molecular complexity index is 808. The molecular formula is C20H30N4O2. The lowest BCUT2D eigenvalue weighted by atomic mass is 10.0. The van der Waals surface area contributed by atoms with Gasteiger partial charge in [0.05, 0.1) is 11.0 Å². The number of piperidine rings is 1. The lowest BCUT2D eigenvalue weighted by molar-refractivity contribution is -0.121. The highest BCUT2D eigenvalue weighted by molar-refractivity contribution is 5.78. The first-order valence-electron chi connectivity index (χ1n) is 9.77. The van der Waals surface area contributed by atoms with Gasteiger partial charge in [-0.2, -0.15) is 0 Å². The molecule has 1 atom stereocenters. The van der Waals surface area contributed by atoms with Gasteiger partial charge < -0.3 is 10.2 Å². The predicted molar refractivity (Wildman–Crippen MR) is 104 cm³/mol. The lowest BCUT2D eigenvalue weighted by Crippen LogP contribution is -2.40. The number of benzene rings is 1. The number of hydrogen-bond donors (Lipinski definition) is 1. The van der Waals surface area contributed by atoms with Gasteiger partial charge in [0.1, 0.15) is 0 Å². The predicted octanol–water partition coefficient (Wildman–Crippen LogP) is 2.06. The summed E-state index contributed by atoms with van der Waals surface area (Å²) in [6.45, 7) is 9.14. The summed E-state index contributed by atoms with van der Waals surface area (Å²) in [5, 5.41) is 3.00. The van der Waals surface area contributed by atoms with Crippen molar-refractivity contribution in [3.05, 3.63) is 34.7 Å². The molecule has 0 bridgehead atoms. The average Bonchev–Trinajstić information content (AvgIpc) is 2.91. The largest absolute Gasteiger partial charge is 0.355 e. The molecule has 1 saturated heterocycles. The first-order chi connectivity index (χ1) is 12.6. The summed E-state index contributed by atoms with van der Waals surface area (Å²) < 4.78 is 3.47. The van der Waals surface area contributed by atoms with E-state index in [1.54, 1.807) is 9.13 Å². The molecule has 0 aliphatic carbocycles. The number of aryl methyl sites for hydroxylation is 2. The summed E-state index contributed by atoms with van der Waals surface area (Å²) in [6.07, 6.45) is 2.89. The van der Waals surface area contributed by atoms with Crippen LogP contribution in [0.3, 0.4) is 0 Å². The van der Waals surface area contributed by atoms with Gasteiger partial charge in [0, 0.05) is 39.1 Å². The van der Waals surface area contributed by atoms with Gasteiger partial charge in [-0.15, -0.1) is 0 Å². The summed E-state index contributed by atoms with van der Waals surface area (Å²) in [5.41, 5.74) is 1.79. The molecule has 0 spiro atoms. The molecule has 0 radical (unpaired) electrons. The van der Waals surface area contributed by atoms with E-state index in [0.717, 1.165) is 36.6 Å². The maximum atomic E-state index is 12.6. The van der Waals surface area contributed by atoms with Crippen LogP contribution in [0.15, 0.2) is 29.1 Å². The molecule has 0 saturated carbocycles. The van der Waals surface area contributed by atoms with Crippen LogP contribution in [0, 0.1) is 5.92 Å². The number of likely N-dealkylation sites (tertiary alicyclic amines) is 1. The summed E-state index contributed by atoms with van der Waals surface area (Å²) in [4.78, 5) is 27.2. The van der Waals surface area contributed by atoms with Gasteiger partial charge in [-0.05, 0) is 44.4 Å². The summed E-state index contributed by atoms with van der Waals surface area (Å²) in [5.74, 6) is 0.762. The fourth-order valence-corrected chi connectivity index (χ4v) is 3.94. The van der Waals surface area contributed by atoms with Crippen molar-refractivity contribution < 1.29 is 4.79 Å². The Balaban J connectivity index is 1.53. The number of nitrogens with zero attached hydrogens (tertiary/aromatic N) is 3. The highest BCUT2D eigenvalue weighted by Crippen LogP contribution is 2.15. The molecule has 1 aromatic heterocycles. The second kappa shape index (κ2) is 8.54. The second-order valence-electron chi connectivity index (χ2n) is 7.32. The summed E-state index contributed by atoms with van der Waals surface area (Å²) in [7, 11) is 0. The number of para-hydroxylation sites is 2. The van der Waals surface area contributed by atoms with E-state index >= 15 is 0 Å². The standard InChI is InChI=1S/C20H30N4O2/c1-3-23-17-8-4-5-9-18(17)24(20(23)26)13-10-19(25)21-11-14-22-12-6-7-16(2)15-22/h4-5,8-9,16H,3,6-7,10-15H2,1-2H3,(H,21,25). The molecule has 6 nitrogen and oxygen atoms in total. The number of rotatable bonds is 7. The SMILES string of the molecule is CCn1c(=O)n(CCC(=O)NCCN2CCCC(C)C2)c2ccccc21. The van der Waals surface area contributed by atoms with Crippen LogP contribution in [0.25, 0.3) is 11.0 Å². The maximum absolute atomic E-state index is 12.6. The highest BCUT2D eigenvalue weighted by Gasteiger charge is 2.16. The molecule has 1 aliphatic heterocycles. The van der Waals surface area contributed by atoms with Gasteiger partial charge in [-0.1, -0.05) is 19.1 Å². The molecule has 1 aromatic carbocycles. The molecule has 1 N–H and O–H groups in total. The van der Waals surface area contributed by atoms with E-state index < -0.39 is 0 Å². The van der Waals surface area contributed by atoms with E-state index in [1.165, 1.54) is 12.8 Å². The zero-order valence-corrected chi connectivity index (χ0v) is 15.9. The third kappa shape index (κ3) is 4.18. The third-order valence-electron chi connectivity index (χ3n) is 5.30. The highest BCUT2D eigenvalue weighted by atomic mass is 16.2. The molecule has 1 unspecified atom stereocenters. The number of carbonyl (C=O) groups excluding carboxylic acids is 1. The third-order valence-corrected chi connectivity index (χ3v) is 5.30. The van der Waals surface area contributed by atoms with Gasteiger partial charge >= 0.3 is 5.69 Å². The molecule has 3 rings (SSSR count). The first kappa shape index (κ1) is 18.7. The zero-order valence-electron chi connectivity index (χ0n) is 15.9. The Morgan fingerprint density at radius 2 is 1.92 bits per heavy atom. The fourth-order valence-electron chi connectivity index (χ4n) is 3.94. The monoisotopic (exact) mass is 358 g/mol. The molecular weight excluding hydrogens is 328 g/mol. The van der Waals surface area contributed by atoms with E-state index in [1.807, 2.05) is 31.2 Å². The van der Waals surface area contributed by atoms with E-state index in [4.69, 9.17) is 0 Å². The molecule has 1 fully saturated rings. The van der Waals surface area contributed by atoms with Crippen LogP contribution in [0.1, 0.15) is 33.1 Å². The first-order valence-corrected chi connectivity index (χ1v) is 9.77. The van der Waals surface area contributed by atoms with Crippen molar-refractivity contribution in [3.63, 3.8) is 0 Å². The van der Waals surface area contributed by atoms with Gasteiger partial charge in [-0.25, -0.2) is 4.79 Å². The van der Waals surface area contributed by atoms with Gasteiger partial charge in [0.15, 0.2) is 0 Å². The second-order valence-corrected chi connectivity index (χ2v) is 7.32. The number of fused-ring (bicyclic) bond motifs is 1. The van der Waals surface area contributed by atoms with Crippen LogP contribution in [0.4, 0.5) is 0 Å². The average molecular weight is 358 g/mol. The topological polar surface area (TPSA) is 59.3 Å². The Morgan fingerprint density at radius 1 is 1.19 bits per heavy atom. The minimum Gasteiger partial charge on any atom is -0.355 e. The Labute approximate surface area is 154 Å². The van der Waals surface area contributed by atoms with Crippen molar-refractivity contribution in [1.82, 2.24) is 19.4 Å². The Kier molecular flexibility index (Phi) is 6.14. The van der Waals surface area contributed by atoms with Crippen molar-refractivity contribution in [1.29, 1.82) is 0 Å². The van der Waals surface area contributed by atoms with Crippen molar-refractivity contribution in [3.8, 4) is 0 Å². The summed E-state index contributed by atoms with van der Waals surface area (Å²) >= 11 is 0. The smallest absolute Gasteiger partial charge is 0.329 e. The number of imidazole rings is 1. The van der Waals surface area contributed by atoms with Crippen LogP contribution >= 0.6 is 0 Å². The van der Waals surface area contributed by atoms with Crippen molar-refractivity contribution in [2.24, 2.45) is 5.92 Å². The fraction of sp³-hybridized carbons (Fsp3) is 0.600. The lowest BCUT2D eigenvalue weighted by Gasteiger charge is -2.30. The molecule has 1 amide bonds. The van der Waals surface area contributed by atoms with Crippen LogP contribution in [-0.4, -0.2) is 46.1 Å². The number of nitrogens with one attached hydrogen (secondary N) is 1. The molecule has 1 aliphatic rings. The molecule has 142 valence electrons. The Hall–Kier alpha value is -2.08. The van der Waals surface area contributed by atoms with Crippen LogP contribution in [0.5, 0.6) is 0 Å². The summed E-state index contributed by atoms with van der Waals surface area (Å²) in [6, 6.07) is 7.76. The number of carbonyl (C=O) groups is 1. The van der Waals surface area contributed by atoms with E-state index in [0.29, 0.717) is 26.1 Å². The van der Waals surface area contributed by atoms with Gasteiger partial charge in [-0.3, -0.25) is 13.9 Å². The minimum absolute atomic E-state index is 0.00953. The van der Waals surface area contributed by atoms with Crippen molar-refractivity contribution in [2.45, 2.75) is 46.2 Å². The molecule has 2 heterocycles. The van der Waals surface area contributed by atoms with Gasteiger partial charge in [0.2, 0.25) is 5.91 Å². The maximum Gasteiger partial charge on any atom is 0.329 e. The molecule has 6 heteroatoms. The van der Waals surface area contributed by atoms with Crippen LogP contribution in [0.2, 0.25) is 0 Å². The number of amides is 1. The Morgan fingerprint density at radius 3 is 2.62 bits per heavy atom. The van der Waals surface area contributed by atoms with E-state index in [-0.39, 0.29) is 11.6 Å². The number of hydrogen-bond acceptors (Lipinski definition) is 3.